The Morgan fingerprint density at radius 1 is 1.50 bits per heavy atom. The van der Waals surface area contributed by atoms with Gasteiger partial charge in [-0.2, -0.15) is 0 Å². The number of carbonyl (C=O) groups excluding carboxylic acids is 2. The molecule has 76 valence electrons. The van der Waals surface area contributed by atoms with Crippen LogP contribution >= 0.6 is 0 Å². The Kier molecular flexibility index (Phi) is 3.66. The van der Waals surface area contributed by atoms with Crippen molar-refractivity contribution in [3.63, 3.8) is 0 Å². The second kappa shape index (κ2) is 4.77. The van der Waals surface area contributed by atoms with Crippen LogP contribution in [0.25, 0.3) is 0 Å². The van der Waals surface area contributed by atoms with Gasteiger partial charge in [-0.3, -0.25) is 14.5 Å². The van der Waals surface area contributed by atoms with Gasteiger partial charge in [-0.1, -0.05) is 19.3 Å². The minimum Gasteiger partial charge on any atom is -0.362 e. The minimum atomic E-state index is -0.413. The summed E-state index contributed by atoms with van der Waals surface area (Å²) in [5, 5.41) is 0. The summed E-state index contributed by atoms with van der Waals surface area (Å²) in [4.78, 5) is 23.9. The molecule has 1 unspecified atom stereocenters. The van der Waals surface area contributed by atoms with Crippen molar-refractivity contribution in [1.29, 1.82) is 0 Å². The van der Waals surface area contributed by atoms with Crippen molar-refractivity contribution >= 4 is 11.8 Å². The molecule has 0 aromatic heterocycles. The number of nitrogens with zero attached hydrogens (tertiary/aromatic N) is 1. The number of carbonyl (C=O) groups is 2. The van der Waals surface area contributed by atoms with Crippen LogP contribution in [-0.4, -0.2) is 36.0 Å². The topological polar surface area (TPSA) is 46.6 Å². The van der Waals surface area contributed by atoms with Crippen LogP contribution in [0.4, 0.5) is 0 Å². The number of morpholine rings is 1. The molecule has 1 rings (SSSR count). The van der Waals surface area contributed by atoms with E-state index in [1.165, 1.54) is 0 Å². The zero-order chi connectivity index (χ0) is 10.6. The Morgan fingerprint density at radius 3 is 2.50 bits per heavy atom. The largest absolute Gasteiger partial charge is 0.362 e. The van der Waals surface area contributed by atoms with Crippen LogP contribution in [0.2, 0.25) is 0 Å². The molecule has 14 heavy (non-hydrogen) atoms. The Morgan fingerprint density at radius 2 is 2.07 bits per heavy atom. The molecule has 0 aromatic rings. The van der Waals surface area contributed by atoms with Crippen LogP contribution in [0, 0.1) is 12.3 Å². The molecular formula is C10H13NO3. The highest BCUT2D eigenvalue weighted by Gasteiger charge is 2.31. The molecule has 0 aliphatic carbocycles. The highest BCUT2D eigenvalue weighted by atomic mass is 16.5. The van der Waals surface area contributed by atoms with Crippen LogP contribution in [-0.2, 0) is 14.3 Å². The van der Waals surface area contributed by atoms with Gasteiger partial charge in [-0.15, -0.1) is 6.42 Å². The first kappa shape index (κ1) is 10.7. The van der Waals surface area contributed by atoms with Gasteiger partial charge >= 0.3 is 0 Å². The standard InChI is InChI=1S/C10H13NO3/c1-3-5-8(4-2)11-9(12)6-14-7-10(11)13/h2,8H,3,5-7H2,1H3. The van der Waals surface area contributed by atoms with E-state index in [0.717, 1.165) is 11.3 Å². The summed E-state index contributed by atoms with van der Waals surface area (Å²) in [6, 6.07) is -0.413. The number of hydrogen-bond acceptors (Lipinski definition) is 3. The summed E-state index contributed by atoms with van der Waals surface area (Å²) in [5.41, 5.74) is 0. The van der Waals surface area contributed by atoms with E-state index >= 15 is 0 Å². The van der Waals surface area contributed by atoms with Crippen molar-refractivity contribution in [2.24, 2.45) is 0 Å². The zero-order valence-electron chi connectivity index (χ0n) is 8.16. The summed E-state index contributed by atoms with van der Waals surface area (Å²) in [5.74, 6) is 1.79. The monoisotopic (exact) mass is 195 g/mol. The quantitative estimate of drug-likeness (QED) is 0.476. The molecule has 0 spiro atoms. The fourth-order valence-corrected chi connectivity index (χ4v) is 1.41. The first-order chi connectivity index (χ1) is 6.70. The summed E-state index contributed by atoms with van der Waals surface area (Å²) >= 11 is 0. The summed E-state index contributed by atoms with van der Waals surface area (Å²) in [6.07, 6.45) is 6.76. The molecule has 2 amide bonds. The Bertz CT molecular complexity index is 264. The highest BCUT2D eigenvalue weighted by Crippen LogP contribution is 2.10. The van der Waals surface area contributed by atoms with Crippen LogP contribution in [0.15, 0.2) is 0 Å². The van der Waals surface area contributed by atoms with Crippen LogP contribution in [0.3, 0.4) is 0 Å². The minimum absolute atomic E-state index is 0.0480. The van der Waals surface area contributed by atoms with Gasteiger partial charge in [0.05, 0.1) is 0 Å². The normalized spacial score (nSPS) is 19.3. The van der Waals surface area contributed by atoms with Crippen molar-refractivity contribution < 1.29 is 14.3 Å². The van der Waals surface area contributed by atoms with Gasteiger partial charge < -0.3 is 4.74 Å². The second-order valence-electron chi connectivity index (χ2n) is 3.12. The van der Waals surface area contributed by atoms with E-state index in [9.17, 15) is 9.59 Å². The lowest BCUT2D eigenvalue weighted by Crippen LogP contribution is -2.51. The first-order valence-electron chi connectivity index (χ1n) is 4.59. The first-order valence-corrected chi connectivity index (χ1v) is 4.59. The van der Waals surface area contributed by atoms with E-state index in [2.05, 4.69) is 5.92 Å². The van der Waals surface area contributed by atoms with Crippen molar-refractivity contribution in [3.8, 4) is 12.3 Å². The third-order valence-corrected chi connectivity index (χ3v) is 2.05. The average molecular weight is 195 g/mol. The SMILES string of the molecule is C#CC(CCC)N1C(=O)COCC1=O. The van der Waals surface area contributed by atoms with Gasteiger partial charge in [0, 0.05) is 0 Å². The average Bonchev–Trinajstić information content (AvgIpc) is 2.16. The van der Waals surface area contributed by atoms with E-state index in [1.807, 2.05) is 6.92 Å². The number of imide groups is 1. The fourth-order valence-electron chi connectivity index (χ4n) is 1.41. The molecule has 1 saturated heterocycles. The molecule has 0 saturated carbocycles. The summed E-state index contributed by atoms with van der Waals surface area (Å²) in [6.45, 7) is 1.86. The third kappa shape index (κ3) is 2.12. The second-order valence-corrected chi connectivity index (χ2v) is 3.12. The lowest BCUT2D eigenvalue weighted by Gasteiger charge is -2.29. The Hall–Kier alpha value is -1.34. The molecule has 1 fully saturated rings. The van der Waals surface area contributed by atoms with Gasteiger partial charge in [0.1, 0.15) is 19.3 Å². The van der Waals surface area contributed by atoms with E-state index in [-0.39, 0.29) is 25.0 Å². The van der Waals surface area contributed by atoms with Gasteiger partial charge in [-0.05, 0) is 6.42 Å². The molecule has 0 N–H and O–H groups in total. The maximum Gasteiger partial charge on any atom is 0.256 e. The van der Waals surface area contributed by atoms with Crippen LogP contribution < -0.4 is 0 Å². The molecule has 0 bridgehead atoms. The van der Waals surface area contributed by atoms with E-state index in [0.29, 0.717) is 6.42 Å². The Labute approximate surface area is 83.2 Å². The van der Waals surface area contributed by atoms with Crippen molar-refractivity contribution in [1.82, 2.24) is 4.90 Å². The number of ether oxygens (including phenoxy) is 1. The van der Waals surface area contributed by atoms with Crippen molar-refractivity contribution in [2.45, 2.75) is 25.8 Å². The zero-order valence-corrected chi connectivity index (χ0v) is 8.16. The van der Waals surface area contributed by atoms with Crippen molar-refractivity contribution in [3.05, 3.63) is 0 Å². The molecule has 1 aliphatic rings. The molecule has 1 atom stereocenters. The molecule has 0 aromatic carbocycles. The number of hydrogen-bond donors (Lipinski definition) is 0. The summed E-state index contributed by atoms with van der Waals surface area (Å²) in [7, 11) is 0. The van der Waals surface area contributed by atoms with Crippen LogP contribution in [0.5, 0.6) is 0 Å². The van der Waals surface area contributed by atoms with Gasteiger partial charge in [-0.25, -0.2) is 0 Å². The van der Waals surface area contributed by atoms with Gasteiger partial charge in [0.15, 0.2) is 0 Å². The number of rotatable bonds is 3. The highest BCUT2D eigenvalue weighted by molar-refractivity contribution is 5.99. The predicted octanol–water partition coefficient (Wildman–Crippen LogP) is 0.174. The lowest BCUT2D eigenvalue weighted by molar-refractivity contribution is -0.160. The van der Waals surface area contributed by atoms with E-state index in [1.54, 1.807) is 0 Å². The van der Waals surface area contributed by atoms with E-state index < -0.39 is 6.04 Å². The van der Waals surface area contributed by atoms with Crippen molar-refractivity contribution in [2.75, 3.05) is 13.2 Å². The smallest absolute Gasteiger partial charge is 0.256 e. The number of amides is 2. The molecule has 1 aliphatic heterocycles. The maximum absolute atomic E-state index is 11.4. The Balaban J connectivity index is 2.75. The fraction of sp³-hybridized carbons (Fsp3) is 0.600. The molecular weight excluding hydrogens is 182 g/mol. The van der Waals surface area contributed by atoms with Gasteiger partial charge in [0.2, 0.25) is 0 Å². The summed E-state index contributed by atoms with van der Waals surface area (Å²) < 4.78 is 4.79. The molecule has 4 heteroatoms. The maximum atomic E-state index is 11.4. The third-order valence-electron chi connectivity index (χ3n) is 2.05. The molecule has 4 nitrogen and oxygen atoms in total. The van der Waals surface area contributed by atoms with Crippen LogP contribution in [0.1, 0.15) is 19.8 Å². The molecule has 0 radical (unpaired) electrons. The lowest BCUT2D eigenvalue weighted by atomic mass is 10.1. The predicted molar refractivity (Wildman–Crippen MR) is 50.2 cm³/mol. The van der Waals surface area contributed by atoms with E-state index in [4.69, 9.17) is 11.2 Å². The molecule has 1 heterocycles. The number of terminal acetylenes is 1. The van der Waals surface area contributed by atoms with Gasteiger partial charge in [0.25, 0.3) is 11.8 Å².